The maximum absolute atomic E-state index is 10.1. The van der Waals surface area contributed by atoms with Gasteiger partial charge in [0.05, 0.1) is 12.6 Å². The van der Waals surface area contributed by atoms with Crippen LogP contribution in [0.25, 0.3) is 0 Å². The van der Waals surface area contributed by atoms with Gasteiger partial charge in [-0.05, 0) is 18.9 Å². The lowest BCUT2D eigenvalue weighted by molar-refractivity contribution is 0.140. The molecule has 164 valence electrons. The monoisotopic (exact) mass is 420 g/mol. The second kappa shape index (κ2) is 13.3. The SMILES string of the molecule is CCCCCCCCCCCCCC1=NC(Cl)(C(C)O)CN1Cc1ccccc1. The third kappa shape index (κ3) is 8.68. The standard InChI is InChI=1S/C25H41ClN2O/c1-3-4-5-6-7-8-9-10-11-12-16-19-24-27-25(26,22(2)29)21-28(24)20-23-17-14-13-15-18-23/h13-15,17-18,22,29H,3-12,16,19-21H2,1-2H3. The Balaban J connectivity index is 1.69. The largest absolute Gasteiger partial charge is 0.389 e. The Kier molecular flexibility index (Phi) is 11.1. The Bertz CT molecular complexity index is 590. The highest BCUT2D eigenvalue weighted by Crippen LogP contribution is 2.32. The van der Waals surface area contributed by atoms with Crippen molar-refractivity contribution in [1.82, 2.24) is 4.90 Å². The summed E-state index contributed by atoms with van der Waals surface area (Å²) in [7, 11) is 0. The lowest BCUT2D eigenvalue weighted by Crippen LogP contribution is -2.39. The Hall–Kier alpha value is -1.06. The van der Waals surface area contributed by atoms with Crippen LogP contribution in [0.15, 0.2) is 35.3 Å². The van der Waals surface area contributed by atoms with Gasteiger partial charge in [-0.1, -0.05) is 113 Å². The van der Waals surface area contributed by atoms with Crippen LogP contribution in [0, 0.1) is 0 Å². The van der Waals surface area contributed by atoms with E-state index in [9.17, 15) is 5.11 Å². The van der Waals surface area contributed by atoms with Crippen molar-refractivity contribution in [3.63, 3.8) is 0 Å². The summed E-state index contributed by atoms with van der Waals surface area (Å²) in [6.45, 7) is 5.39. The molecule has 2 atom stereocenters. The molecule has 1 aromatic carbocycles. The summed E-state index contributed by atoms with van der Waals surface area (Å²) >= 11 is 6.62. The highest BCUT2D eigenvalue weighted by Gasteiger charge is 2.41. The van der Waals surface area contributed by atoms with E-state index in [-0.39, 0.29) is 0 Å². The number of amidine groups is 1. The second-order valence-corrected chi connectivity index (χ2v) is 9.30. The zero-order valence-corrected chi connectivity index (χ0v) is 19.3. The van der Waals surface area contributed by atoms with E-state index < -0.39 is 11.1 Å². The summed E-state index contributed by atoms with van der Waals surface area (Å²) in [5, 5.41) is 10.1. The number of nitrogens with zero attached hydrogens (tertiary/aromatic N) is 2. The van der Waals surface area contributed by atoms with E-state index >= 15 is 0 Å². The van der Waals surface area contributed by atoms with Crippen molar-refractivity contribution < 1.29 is 5.11 Å². The highest BCUT2D eigenvalue weighted by molar-refractivity contribution is 6.25. The molecular formula is C25H41ClN2O. The summed E-state index contributed by atoms with van der Waals surface area (Å²) in [5.74, 6) is 1.06. The molecule has 0 saturated heterocycles. The smallest absolute Gasteiger partial charge is 0.178 e. The maximum atomic E-state index is 10.1. The first-order valence-electron chi connectivity index (χ1n) is 11.8. The minimum atomic E-state index is -0.901. The van der Waals surface area contributed by atoms with Crippen molar-refractivity contribution in [2.24, 2.45) is 4.99 Å². The van der Waals surface area contributed by atoms with Crippen molar-refractivity contribution in [3.8, 4) is 0 Å². The molecule has 0 radical (unpaired) electrons. The Morgan fingerprint density at radius 3 is 2.07 bits per heavy atom. The molecule has 1 heterocycles. The molecule has 1 aliphatic heterocycles. The normalized spacial score (nSPS) is 20.1. The number of unbranched alkanes of at least 4 members (excludes halogenated alkanes) is 10. The Morgan fingerprint density at radius 1 is 0.966 bits per heavy atom. The average Bonchev–Trinajstić information content (AvgIpc) is 3.03. The van der Waals surface area contributed by atoms with E-state index in [1.165, 1.54) is 69.8 Å². The van der Waals surface area contributed by atoms with E-state index in [0.29, 0.717) is 6.54 Å². The van der Waals surface area contributed by atoms with Gasteiger partial charge in [-0.25, -0.2) is 4.99 Å². The predicted molar refractivity (Wildman–Crippen MR) is 126 cm³/mol. The van der Waals surface area contributed by atoms with Gasteiger partial charge in [-0.3, -0.25) is 0 Å². The number of hydrogen-bond donors (Lipinski definition) is 1. The van der Waals surface area contributed by atoms with Crippen molar-refractivity contribution in [2.45, 2.75) is 109 Å². The number of benzene rings is 1. The lowest BCUT2D eigenvalue weighted by Gasteiger charge is -2.25. The molecule has 1 aliphatic rings. The van der Waals surface area contributed by atoms with Crippen LogP contribution in [0.4, 0.5) is 0 Å². The number of aliphatic hydroxyl groups is 1. The van der Waals surface area contributed by atoms with Crippen LogP contribution in [-0.2, 0) is 6.54 Å². The van der Waals surface area contributed by atoms with Crippen LogP contribution in [0.5, 0.6) is 0 Å². The van der Waals surface area contributed by atoms with Gasteiger partial charge in [0.2, 0.25) is 0 Å². The first-order valence-corrected chi connectivity index (χ1v) is 12.2. The molecule has 1 aromatic rings. The quantitative estimate of drug-likeness (QED) is 0.190. The van der Waals surface area contributed by atoms with Crippen molar-refractivity contribution >= 4 is 17.4 Å². The molecule has 0 aromatic heterocycles. The fourth-order valence-electron chi connectivity index (χ4n) is 4.02. The topological polar surface area (TPSA) is 35.8 Å². The maximum Gasteiger partial charge on any atom is 0.178 e. The fourth-order valence-corrected chi connectivity index (χ4v) is 4.26. The summed E-state index contributed by atoms with van der Waals surface area (Å²) in [4.78, 5) is 6.09. The highest BCUT2D eigenvalue weighted by atomic mass is 35.5. The number of aliphatic hydroxyl groups excluding tert-OH is 1. The van der Waals surface area contributed by atoms with E-state index in [0.717, 1.165) is 25.2 Å². The number of aliphatic imine (C=N–C) groups is 1. The average molecular weight is 421 g/mol. The third-order valence-electron chi connectivity index (χ3n) is 5.95. The molecule has 0 bridgehead atoms. The van der Waals surface area contributed by atoms with Gasteiger partial charge in [0.1, 0.15) is 5.84 Å². The first-order chi connectivity index (χ1) is 14.0. The summed E-state index contributed by atoms with van der Waals surface area (Å²) in [6, 6.07) is 10.4. The zero-order chi connectivity index (χ0) is 21.0. The molecule has 0 spiro atoms. The van der Waals surface area contributed by atoms with Crippen LogP contribution >= 0.6 is 11.6 Å². The van der Waals surface area contributed by atoms with Crippen molar-refractivity contribution in [2.75, 3.05) is 6.54 Å². The number of alkyl halides is 1. The van der Waals surface area contributed by atoms with Crippen LogP contribution in [0.1, 0.15) is 96.5 Å². The summed E-state index contributed by atoms with van der Waals surface area (Å²) < 4.78 is 0. The molecule has 2 rings (SSSR count). The van der Waals surface area contributed by atoms with Crippen LogP contribution in [0.3, 0.4) is 0 Å². The zero-order valence-electron chi connectivity index (χ0n) is 18.6. The molecule has 1 N–H and O–H groups in total. The van der Waals surface area contributed by atoms with Gasteiger partial charge in [-0.2, -0.15) is 0 Å². The summed E-state index contributed by atoms with van der Waals surface area (Å²) in [6.07, 6.45) is 15.1. The van der Waals surface area contributed by atoms with Crippen LogP contribution < -0.4 is 0 Å². The van der Waals surface area contributed by atoms with E-state index in [2.05, 4.69) is 36.1 Å². The van der Waals surface area contributed by atoms with Gasteiger partial charge < -0.3 is 10.0 Å². The molecule has 0 aliphatic carbocycles. The molecule has 0 amide bonds. The van der Waals surface area contributed by atoms with Gasteiger partial charge in [0.25, 0.3) is 0 Å². The van der Waals surface area contributed by atoms with Gasteiger partial charge in [-0.15, -0.1) is 0 Å². The second-order valence-electron chi connectivity index (χ2n) is 8.65. The number of hydrogen-bond acceptors (Lipinski definition) is 3. The fraction of sp³-hybridized carbons (Fsp3) is 0.720. The number of rotatable bonds is 15. The van der Waals surface area contributed by atoms with E-state index in [1.807, 2.05) is 6.07 Å². The molecule has 0 saturated carbocycles. The van der Waals surface area contributed by atoms with Gasteiger partial charge in [0.15, 0.2) is 5.00 Å². The Morgan fingerprint density at radius 2 is 1.52 bits per heavy atom. The minimum absolute atomic E-state index is 0.578. The van der Waals surface area contributed by atoms with Gasteiger partial charge in [0, 0.05) is 13.0 Å². The third-order valence-corrected chi connectivity index (χ3v) is 6.47. The van der Waals surface area contributed by atoms with Gasteiger partial charge >= 0.3 is 0 Å². The minimum Gasteiger partial charge on any atom is -0.389 e. The predicted octanol–water partition coefficient (Wildman–Crippen LogP) is 6.92. The molecule has 29 heavy (non-hydrogen) atoms. The molecule has 0 fully saturated rings. The van der Waals surface area contributed by atoms with Crippen LogP contribution in [-0.4, -0.2) is 33.5 Å². The van der Waals surface area contributed by atoms with E-state index in [1.54, 1.807) is 6.92 Å². The van der Waals surface area contributed by atoms with Crippen molar-refractivity contribution in [1.29, 1.82) is 0 Å². The van der Waals surface area contributed by atoms with E-state index in [4.69, 9.17) is 16.6 Å². The molecule has 4 heteroatoms. The summed E-state index contributed by atoms with van der Waals surface area (Å²) in [5.41, 5.74) is 1.26. The molecule has 2 unspecified atom stereocenters. The molecular weight excluding hydrogens is 380 g/mol. The van der Waals surface area contributed by atoms with Crippen molar-refractivity contribution in [3.05, 3.63) is 35.9 Å². The molecule has 3 nitrogen and oxygen atoms in total. The Labute approximate surface area is 183 Å². The first kappa shape index (κ1) is 24.2. The lowest BCUT2D eigenvalue weighted by atomic mass is 10.0. The number of halogens is 1. The van der Waals surface area contributed by atoms with Crippen LogP contribution in [0.2, 0.25) is 0 Å².